The summed E-state index contributed by atoms with van der Waals surface area (Å²) < 4.78 is 0.876. The highest BCUT2D eigenvalue weighted by Gasteiger charge is 2.11. The van der Waals surface area contributed by atoms with E-state index in [4.69, 9.17) is 11.6 Å². The van der Waals surface area contributed by atoms with Gasteiger partial charge in [0, 0.05) is 22.5 Å². The lowest BCUT2D eigenvalue weighted by Crippen LogP contribution is -2.21. The van der Waals surface area contributed by atoms with E-state index in [0.717, 1.165) is 4.47 Å². The maximum atomic E-state index is 11.4. The van der Waals surface area contributed by atoms with Crippen LogP contribution in [0.5, 0.6) is 0 Å². The van der Waals surface area contributed by atoms with Crippen molar-refractivity contribution in [2.75, 3.05) is 11.2 Å². The molecule has 1 heterocycles. The number of carbonyl (C=O) groups excluding carboxylic acids is 1. The number of hydrogen-bond acceptors (Lipinski definition) is 2. The molecule has 1 amide bonds. The van der Waals surface area contributed by atoms with Gasteiger partial charge in [-0.3, -0.25) is 4.79 Å². The van der Waals surface area contributed by atoms with Crippen LogP contribution in [0.1, 0.15) is 6.92 Å². The van der Waals surface area contributed by atoms with E-state index >= 15 is 0 Å². The molecular weight excluding hydrogens is 267 g/mol. The van der Waals surface area contributed by atoms with Gasteiger partial charge in [0.25, 0.3) is 0 Å². The fourth-order valence-electron chi connectivity index (χ4n) is 0.769. The normalized spacial score (nSPS) is 12.2. The third-order valence-corrected chi connectivity index (χ3v) is 2.59. The van der Waals surface area contributed by atoms with Crippen LogP contribution in [0.15, 0.2) is 22.8 Å². The van der Waals surface area contributed by atoms with E-state index < -0.39 is 0 Å². The zero-order valence-electron chi connectivity index (χ0n) is 7.63. The number of amides is 1. The fourth-order valence-corrected chi connectivity index (χ4v) is 1.14. The molecule has 5 heteroatoms. The molecule has 0 saturated carbocycles. The largest absolute Gasteiger partial charge is 0.310 e. The van der Waals surface area contributed by atoms with E-state index in [0.29, 0.717) is 11.7 Å². The number of aromatic nitrogens is 1. The highest BCUT2D eigenvalue weighted by molar-refractivity contribution is 9.10. The topological polar surface area (TPSA) is 42.0 Å². The van der Waals surface area contributed by atoms with Crippen molar-refractivity contribution in [3.8, 4) is 0 Å². The standard InChI is InChI=1S/C9H10BrClN2O/c1-6(4-11)9(14)13-8-3-2-7(10)5-12-8/h2-3,5-6H,4H2,1H3,(H,12,13,14). The predicted octanol–water partition coefficient (Wildman–Crippen LogP) is 2.66. The molecule has 1 N–H and O–H groups in total. The van der Waals surface area contributed by atoms with Crippen LogP contribution in [0.25, 0.3) is 0 Å². The number of anilines is 1. The van der Waals surface area contributed by atoms with Gasteiger partial charge in [-0.05, 0) is 28.1 Å². The monoisotopic (exact) mass is 276 g/mol. The maximum absolute atomic E-state index is 11.4. The third kappa shape index (κ3) is 3.27. The van der Waals surface area contributed by atoms with Crippen molar-refractivity contribution in [2.24, 2.45) is 5.92 Å². The molecule has 0 fully saturated rings. The second-order valence-corrected chi connectivity index (χ2v) is 4.13. The van der Waals surface area contributed by atoms with E-state index in [1.165, 1.54) is 0 Å². The highest BCUT2D eigenvalue weighted by atomic mass is 79.9. The molecule has 76 valence electrons. The fraction of sp³-hybridized carbons (Fsp3) is 0.333. The Balaban J connectivity index is 2.60. The molecular formula is C9H10BrClN2O. The molecule has 1 aromatic heterocycles. The number of nitrogens with one attached hydrogen (secondary N) is 1. The number of halogens is 2. The van der Waals surface area contributed by atoms with Crippen molar-refractivity contribution >= 4 is 39.3 Å². The van der Waals surface area contributed by atoms with Crippen LogP contribution in [-0.4, -0.2) is 16.8 Å². The summed E-state index contributed by atoms with van der Waals surface area (Å²) in [5.41, 5.74) is 0. The van der Waals surface area contributed by atoms with E-state index in [1.54, 1.807) is 19.2 Å². The van der Waals surface area contributed by atoms with Crippen LogP contribution in [0.3, 0.4) is 0 Å². The van der Waals surface area contributed by atoms with Gasteiger partial charge in [-0.25, -0.2) is 4.98 Å². The number of hydrogen-bond donors (Lipinski definition) is 1. The third-order valence-electron chi connectivity index (χ3n) is 1.66. The number of pyridine rings is 1. The van der Waals surface area contributed by atoms with Crippen LogP contribution in [-0.2, 0) is 4.79 Å². The predicted molar refractivity (Wildman–Crippen MR) is 60.5 cm³/mol. The highest BCUT2D eigenvalue weighted by Crippen LogP contribution is 2.11. The van der Waals surface area contributed by atoms with Gasteiger partial charge in [0.2, 0.25) is 5.91 Å². The van der Waals surface area contributed by atoms with Gasteiger partial charge in [-0.1, -0.05) is 6.92 Å². The summed E-state index contributed by atoms with van der Waals surface area (Å²) in [4.78, 5) is 15.4. The van der Waals surface area contributed by atoms with Crippen LogP contribution >= 0.6 is 27.5 Å². The molecule has 1 atom stereocenters. The Morgan fingerprint density at radius 3 is 2.93 bits per heavy atom. The molecule has 3 nitrogen and oxygen atoms in total. The first kappa shape index (κ1) is 11.5. The lowest BCUT2D eigenvalue weighted by molar-refractivity contribution is -0.118. The molecule has 0 aromatic carbocycles. The van der Waals surface area contributed by atoms with E-state index in [-0.39, 0.29) is 11.8 Å². The molecule has 1 aromatic rings. The average Bonchev–Trinajstić information content (AvgIpc) is 2.20. The first-order valence-electron chi connectivity index (χ1n) is 4.12. The van der Waals surface area contributed by atoms with Crippen LogP contribution < -0.4 is 5.32 Å². The Morgan fingerprint density at radius 2 is 2.43 bits per heavy atom. The van der Waals surface area contributed by atoms with Gasteiger partial charge < -0.3 is 5.32 Å². The molecule has 1 unspecified atom stereocenters. The Kier molecular flexibility index (Phi) is 4.35. The average molecular weight is 278 g/mol. The molecule has 0 spiro atoms. The van der Waals surface area contributed by atoms with Gasteiger partial charge in [-0.15, -0.1) is 11.6 Å². The zero-order valence-corrected chi connectivity index (χ0v) is 9.97. The second kappa shape index (κ2) is 5.32. The van der Waals surface area contributed by atoms with Crippen molar-refractivity contribution in [1.82, 2.24) is 4.98 Å². The van der Waals surface area contributed by atoms with Crippen LogP contribution in [0, 0.1) is 5.92 Å². The number of rotatable bonds is 3. The lowest BCUT2D eigenvalue weighted by Gasteiger charge is -2.07. The minimum absolute atomic E-state index is 0.116. The van der Waals surface area contributed by atoms with Crippen molar-refractivity contribution < 1.29 is 4.79 Å². The van der Waals surface area contributed by atoms with Crippen molar-refractivity contribution in [3.63, 3.8) is 0 Å². The number of carbonyl (C=O) groups is 1. The Morgan fingerprint density at radius 1 is 1.71 bits per heavy atom. The summed E-state index contributed by atoms with van der Waals surface area (Å²) in [6, 6.07) is 3.54. The zero-order chi connectivity index (χ0) is 10.6. The summed E-state index contributed by atoms with van der Waals surface area (Å²) in [5, 5.41) is 2.66. The molecule has 14 heavy (non-hydrogen) atoms. The number of nitrogens with zero attached hydrogens (tertiary/aromatic N) is 1. The first-order chi connectivity index (χ1) is 6.63. The van der Waals surface area contributed by atoms with E-state index in [1.807, 2.05) is 6.07 Å². The molecule has 0 aliphatic carbocycles. The molecule has 0 aliphatic rings. The first-order valence-corrected chi connectivity index (χ1v) is 5.44. The van der Waals surface area contributed by atoms with Crippen molar-refractivity contribution in [3.05, 3.63) is 22.8 Å². The van der Waals surface area contributed by atoms with Crippen LogP contribution in [0.2, 0.25) is 0 Å². The summed E-state index contributed by atoms with van der Waals surface area (Å²) in [5.74, 6) is 0.523. The Hall–Kier alpha value is -0.610. The molecule has 0 aliphatic heterocycles. The van der Waals surface area contributed by atoms with E-state index in [2.05, 4.69) is 26.2 Å². The Bertz CT molecular complexity index is 315. The summed E-state index contributed by atoms with van der Waals surface area (Å²) in [6.07, 6.45) is 1.63. The van der Waals surface area contributed by atoms with Crippen LogP contribution in [0.4, 0.5) is 5.82 Å². The number of alkyl halides is 1. The lowest BCUT2D eigenvalue weighted by atomic mass is 10.2. The van der Waals surface area contributed by atoms with Gasteiger partial charge >= 0.3 is 0 Å². The van der Waals surface area contributed by atoms with E-state index in [9.17, 15) is 4.79 Å². The molecule has 0 saturated heterocycles. The summed E-state index contributed by atoms with van der Waals surface area (Å²) in [7, 11) is 0. The molecule has 1 rings (SSSR count). The quantitative estimate of drug-likeness (QED) is 0.863. The molecule has 0 bridgehead atoms. The SMILES string of the molecule is CC(CCl)C(=O)Nc1ccc(Br)cn1. The summed E-state index contributed by atoms with van der Waals surface area (Å²) >= 11 is 8.81. The van der Waals surface area contributed by atoms with Gasteiger partial charge in [0.15, 0.2) is 0 Å². The van der Waals surface area contributed by atoms with Gasteiger partial charge in [0.1, 0.15) is 5.82 Å². The van der Waals surface area contributed by atoms with Crippen molar-refractivity contribution in [1.29, 1.82) is 0 Å². The molecule has 0 radical (unpaired) electrons. The maximum Gasteiger partial charge on any atom is 0.229 e. The van der Waals surface area contributed by atoms with Gasteiger partial charge in [0.05, 0.1) is 0 Å². The minimum atomic E-state index is -0.206. The smallest absolute Gasteiger partial charge is 0.229 e. The second-order valence-electron chi connectivity index (χ2n) is 2.91. The summed E-state index contributed by atoms with van der Waals surface area (Å²) in [6.45, 7) is 1.77. The Labute approximate surface area is 96.0 Å². The van der Waals surface area contributed by atoms with Gasteiger partial charge in [-0.2, -0.15) is 0 Å². The van der Waals surface area contributed by atoms with Crippen molar-refractivity contribution in [2.45, 2.75) is 6.92 Å². The minimum Gasteiger partial charge on any atom is -0.310 e.